The summed E-state index contributed by atoms with van der Waals surface area (Å²) in [7, 11) is 0. The second-order valence-corrected chi connectivity index (χ2v) is 17.3. The molecule has 0 bridgehead atoms. The molecule has 10 rings (SSSR count). The van der Waals surface area contributed by atoms with E-state index in [-0.39, 0.29) is 0 Å². The van der Waals surface area contributed by atoms with Crippen molar-refractivity contribution in [1.29, 1.82) is 0 Å². The van der Waals surface area contributed by atoms with Gasteiger partial charge in [-0.3, -0.25) is 15.0 Å². The summed E-state index contributed by atoms with van der Waals surface area (Å²) in [5.41, 5.74) is 23.9. The van der Waals surface area contributed by atoms with Crippen LogP contribution in [0.3, 0.4) is 0 Å². The van der Waals surface area contributed by atoms with Crippen LogP contribution in [0.25, 0.3) is 78.3 Å². The van der Waals surface area contributed by atoms with Crippen molar-refractivity contribution in [2.24, 2.45) is 0 Å². The molecule has 0 aliphatic carbocycles. The number of hydrogen-bond acceptors (Lipinski definition) is 3. The number of aryl methyl sites for hydroxylation is 6. The van der Waals surface area contributed by atoms with E-state index in [1.807, 2.05) is 48.9 Å². The lowest BCUT2D eigenvalue weighted by molar-refractivity contribution is 0.931. The molecule has 3 nitrogen and oxygen atoms in total. The second kappa shape index (κ2) is 19.4. The van der Waals surface area contributed by atoms with Gasteiger partial charge in [0.25, 0.3) is 0 Å². The summed E-state index contributed by atoms with van der Waals surface area (Å²) < 4.78 is 0. The minimum absolute atomic E-state index is 0.931. The van der Waals surface area contributed by atoms with Gasteiger partial charge in [-0.25, -0.2) is 0 Å². The fourth-order valence-electron chi connectivity index (χ4n) is 9.00. The first-order valence-corrected chi connectivity index (χ1v) is 23.0. The zero-order valence-corrected chi connectivity index (χ0v) is 37.5. The van der Waals surface area contributed by atoms with E-state index in [2.05, 4.69) is 200 Å². The molecular formula is C63H51N3. The molecule has 0 spiro atoms. The molecule has 3 aromatic heterocycles. The summed E-state index contributed by atoms with van der Waals surface area (Å²) in [5, 5.41) is 0. The van der Waals surface area contributed by atoms with Gasteiger partial charge >= 0.3 is 0 Å². The van der Waals surface area contributed by atoms with Crippen molar-refractivity contribution in [2.75, 3.05) is 0 Å². The molecule has 3 heteroatoms. The molecule has 3 heterocycles. The maximum absolute atomic E-state index is 4.76. The van der Waals surface area contributed by atoms with Gasteiger partial charge in [0.05, 0.1) is 17.1 Å². The van der Waals surface area contributed by atoms with Crippen molar-refractivity contribution < 1.29 is 0 Å². The van der Waals surface area contributed by atoms with E-state index < -0.39 is 0 Å². The van der Waals surface area contributed by atoms with Gasteiger partial charge in [0, 0.05) is 35.3 Å². The van der Waals surface area contributed by atoms with Crippen molar-refractivity contribution in [3.63, 3.8) is 0 Å². The Morgan fingerprint density at radius 3 is 1.18 bits per heavy atom. The number of nitrogens with zero attached hydrogens (tertiary/aromatic N) is 3. The molecule has 0 amide bonds. The van der Waals surface area contributed by atoms with E-state index in [0.29, 0.717) is 0 Å². The molecule has 318 valence electrons. The Labute approximate surface area is 389 Å². The molecule has 0 radical (unpaired) electrons. The third-order valence-electron chi connectivity index (χ3n) is 12.8. The molecule has 0 atom stereocenters. The number of pyridine rings is 3. The van der Waals surface area contributed by atoms with E-state index in [9.17, 15) is 0 Å². The molecule has 0 fully saturated rings. The van der Waals surface area contributed by atoms with Crippen molar-refractivity contribution in [3.8, 4) is 78.3 Å². The fourth-order valence-corrected chi connectivity index (χ4v) is 9.00. The van der Waals surface area contributed by atoms with Crippen LogP contribution in [-0.2, 0) is 25.7 Å². The van der Waals surface area contributed by atoms with Gasteiger partial charge in [-0.1, -0.05) is 164 Å². The second-order valence-electron chi connectivity index (χ2n) is 17.3. The molecule has 0 aliphatic heterocycles. The van der Waals surface area contributed by atoms with Crippen LogP contribution in [0.1, 0.15) is 33.4 Å². The molecule has 0 N–H and O–H groups in total. The molecule has 7 aromatic carbocycles. The zero-order valence-electron chi connectivity index (χ0n) is 37.5. The highest BCUT2D eigenvalue weighted by Gasteiger charge is 2.18. The highest BCUT2D eigenvalue weighted by atomic mass is 14.7. The van der Waals surface area contributed by atoms with E-state index in [4.69, 9.17) is 4.98 Å². The first-order valence-electron chi connectivity index (χ1n) is 23.0. The van der Waals surface area contributed by atoms with E-state index in [1.54, 1.807) is 0 Å². The molecule has 66 heavy (non-hydrogen) atoms. The number of rotatable bonds is 13. The summed E-state index contributed by atoms with van der Waals surface area (Å²) in [5.74, 6) is 0. The van der Waals surface area contributed by atoms with Crippen LogP contribution in [0.15, 0.2) is 225 Å². The predicted molar refractivity (Wildman–Crippen MR) is 275 cm³/mol. The highest BCUT2D eigenvalue weighted by molar-refractivity contribution is 5.94. The minimum Gasteiger partial charge on any atom is -0.256 e. The van der Waals surface area contributed by atoms with E-state index in [1.165, 1.54) is 77.9 Å². The monoisotopic (exact) mass is 849 g/mol. The van der Waals surface area contributed by atoms with Crippen LogP contribution >= 0.6 is 0 Å². The fraction of sp³-hybridized carbons (Fsp3) is 0.0952. The number of aromatic nitrogens is 3. The lowest BCUT2D eigenvalue weighted by atomic mass is 9.84. The van der Waals surface area contributed by atoms with Crippen molar-refractivity contribution in [3.05, 3.63) is 258 Å². The zero-order chi connectivity index (χ0) is 44.7. The summed E-state index contributed by atoms with van der Waals surface area (Å²) in [6.07, 6.45) is 9.33. The summed E-state index contributed by atoms with van der Waals surface area (Å²) >= 11 is 0. The first-order chi connectivity index (χ1) is 32.5. The normalized spacial score (nSPS) is 11.1. The van der Waals surface area contributed by atoms with Gasteiger partial charge in [0.2, 0.25) is 0 Å². The number of hydrogen-bond donors (Lipinski definition) is 0. The number of benzene rings is 7. The lowest BCUT2D eigenvalue weighted by Gasteiger charge is -2.20. The maximum atomic E-state index is 4.76. The Hall–Kier alpha value is -8.01. The van der Waals surface area contributed by atoms with Crippen LogP contribution < -0.4 is 0 Å². The molecular weight excluding hydrogens is 799 g/mol. The summed E-state index contributed by atoms with van der Waals surface area (Å²) in [6, 6.07) is 74.8. The largest absolute Gasteiger partial charge is 0.256 e. The standard InChI is InChI=1S/C63H51N3/c1-44-38-58(60(39-45(44)2)57-34-33-55(63-16-8-11-37-66-63)43-59(57)52-31-29-51(30-32-52)50-12-4-3-5-13-50)56-41-48(19-17-46-21-25-53(26-22-46)61-14-6-9-35-64-61)40-49(42-56)20-18-47-23-27-54(28-24-47)62-15-7-10-36-65-62/h3-16,21-43H,17-20H2,1-2H3. The van der Waals surface area contributed by atoms with Crippen LogP contribution in [0.4, 0.5) is 0 Å². The highest BCUT2D eigenvalue weighted by Crippen LogP contribution is 2.42. The Morgan fingerprint density at radius 1 is 0.258 bits per heavy atom. The van der Waals surface area contributed by atoms with Gasteiger partial charge < -0.3 is 0 Å². The summed E-state index contributed by atoms with van der Waals surface area (Å²) in [4.78, 5) is 13.9. The quantitative estimate of drug-likeness (QED) is 0.116. The van der Waals surface area contributed by atoms with Crippen LogP contribution in [0.5, 0.6) is 0 Å². The molecule has 10 aromatic rings. The average molecular weight is 850 g/mol. The van der Waals surface area contributed by atoms with Crippen LogP contribution in [0, 0.1) is 13.8 Å². The van der Waals surface area contributed by atoms with Gasteiger partial charge in [-0.2, -0.15) is 0 Å². The van der Waals surface area contributed by atoms with Crippen LogP contribution in [-0.4, -0.2) is 15.0 Å². The Balaban J connectivity index is 1.04. The average Bonchev–Trinajstić information content (AvgIpc) is 3.39. The maximum Gasteiger partial charge on any atom is 0.0702 e. The first kappa shape index (κ1) is 42.0. The smallest absolute Gasteiger partial charge is 0.0702 e. The van der Waals surface area contributed by atoms with Gasteiger partial charge in [0.15, 0.2) is 0 Å². The van der Waals surface area contributed by atoms with E-state index >= 15 is 0 Å². The van der Waals surface area contributed by atoms with Crippen LogP contribution in [0.2, 0.25) is 0 Å². The third-order valence-corrected chi connectivity index (χ3v) is 12.8. The Kier molecular flexibility index (Phi) is 12.3. The van der Waals surface area contributed by atoms with Crippen molar-refractivity contribution in [2.45, 2.75) is 39.5 Å². The van der Waals surface area contributed by atoms with Crippen molar-refractivity contribution >= 4 is 0 Å². The molecule has 0 aliphatic rings. The SMILES string of the molecule is Cc1cc(-c2cc(CCc3ccc(-c4ccccn4)cc3)cc(CCc3ccc(-c4ccccn4)cc3)c2)c(-c2ccc(-c3ccccn3)cc2-c2ccc(-c3ccccc3)cc2)cc1C. The lowest BCUT2D eigenvalue weighted by Crippen LogP contribution is -1.99. The molecule has 0 unspecified atom stereocenters. The topological polar surface area (TPSA) is 38.7 Å². The van der Waals surface area contributed by atoms with Crippen molar-refractivity contribution in [1.82, 2.24) is 15.0 Å². The Morgan fingerprint density at radius 2 is 0.667 bits per heavy atom. The molecule has 0 saturated heterocycles. The Bertz CT molecular complexity index is 3090. The predicted octanol–water partition coefficient (Wildman–Crippen LogP) is 15.7. The third kappa shape index (κ3) is 9.57. The molecule has 0 saturated carbocycles. The van der Waals surface area contributed by atoms with Gasteiger partial charge in [-0.15, -0.1) is 0 Å². The minimum atomic E-state index is 0.931. The van der Waals surface area contributed by atoms with E-state index in [0.717, 1.165) is 59.5 Å². The van der Waals surface area contributed by atoms with Gasteiger partial charge in [0.1, 0.15) is 0 Å². The summed E-state index contributed by atoms with van der Waals surface area (Å²) in [6.45, 7) is 4.48. The van der Waals surface area contributed by atoms with Gasteiger partial charge in [-0.05, 0) is 160 Å².